The molecule has 0 amide bonds. The van der Waals surface area contributed by atoms with Gasteiger partial charge >= 0.3 is 0 Å². The Morgan fingerprint density at radius 3 is 2.12 bits per heavy atom. The Balaban J connectivity index is 1.48. The molecule has 3 heterocycles. The topological polar surface area (TPSA) is 269 Å². The number of hydrogen-bond acceptors (Lipinski definition) is 16. The van der Waals surface area contributed by atoms with E-state index in [-0.39, 0.29) is 11.1 Å². The van der Waals surface area contributed by atoms with Gasteiger partial charge in [0, 0.05) is 17.7 Å². The number of benzene rings is 2. The fourth-order valence-electron chi connectivity index (χ4n) is 4.84. The standard InChI is InChI=1S/C27H30O16/c1-8-17(32)20(35)22(37)26(40-8)39-7-15-18(33)21(36)23(38)27(42-15)43-25-19(34)16-13(31)5-10(28)6-14(16)41-24(25)9-2-3-11(29)12(30)4-9/h2-6,8,15,17-18,20-23,26-33,35-38H,7H2,1H3/t8-,15+,17-,18+,20-,21-,22-,23+,26+,27-/m0/s1. The predicted octanol–water partition coefficient (Wildman–Crippen LogP) is -1.69. The number of aliphatic hydroxyl groups excluding tert-OH is 6. The number of rotatable bonds is 6. The molecule has 0 aliphatic carbocycles. The average Bonchev–Trinajstić information content (AvgIpc) is 2.96. The summed E-state index contributed by atoms with van der Waals surface area (Å²) in [5.74, 6) is -3.33. The first kappa shape index (κ1) is 30.7. The van der Waals surface area contributed by atoms with Crippen LogP contribution in [0.25, 0.3) is 22.3 Å². The minimum absolute atomic E-state index is 0.0313. The van der Waals surface area contributed by atoms with E-state index in [2.05, 4.69) is 0 Å². The summed E-state index contributed by atoms with van der Waals surface area (Å²) in [6.45, 7) is 0.818. The first-order valence-electron chi connectivity index (χ1n) is 13.0. The van der Waals surface area contributed by atoms with Gasteiger partial charge in [-0.2, -0.15) is 0 Å². The lowest BCUT2D eigenvalue weighted by molar-refractivity contribution is -0.318. The fourth-order valence-corrected chi connectivity index (χ4v) is 4.84. The molecular weight excluding hydrogens is 580 g/mol. The van der Waals surface area contributed by atoms with Crippen LogP contribution in [0.2, 0.25) is 0 Å². The highest BCUT2D eigenvalue weighted by Crippen LogP contribution is 2.39. The molecule has 0 saturated carbocycles. The maximum absolute atomic E-state index is 13.6. The summed E-state index contributed by atoms with van der Waals surface area (Å²) in [7, 11) is 0. The van der Waals surface area contributed by atoms with Crippen LogP contribution in [0.15, 0.2) is 39.5 Å². The minimum Gasteiger partial charge on any atom is -0.508 e. The second-order valence-electron chi connectivity index (χ2n) is 10.3. The van der Waals surface area contributed by atoms with Crippen molar-refractivity contribution < 1.29 is 74.4 Å². The SMILES string of the molecule is C[C@@H]1O[C@@H](OC[C@H]2O[C@@H](Oc3c(-c4ccc(O)c(O)c4)oc4cc(O)cc(O)c4c3=O)[C@H](O)[C@@H](O)[C@@H]2O)[C@@H](O)[C@@H](O)[C@H]1O. The number of aromatic hydroxyl groups is 4. The van der Waals surface area contributed by atoms with Gasteiger partial charge in [0.1, 0.15) is 65.2 Å². The molecule has 0 unspecified atom stereocenters. The van der Waals surface area contributed by atoms with Crippen LogP contribution in [0.3, 0.4) is 0 Å². The van der Waals surface area contributed by atoms with E-state index in [9.17, 15) is 55.9 Å². The Hall–Kier alpha value is -3.71. The number of phenolic OH excluding ortho intramolecular Hbond substituents is 4. The van der Waals surface area contributed by atoms with Gasteiger partial charge in [-0.05, 0) is 25.1 Å². The first-order chi connectivity index (χ1) is 20.3. The van der Waals surface area contributed by atoms with Crippen molar-refractivity contribution in [1.29, 1.82) is 0 Å². The zero-order chi connectivity index (χ0) is 31.3. The van der Waals surface area contributed by atoms with Crippen molar-refractivity contribution >= 4 is 11.0 Å². The molecule has 5 rings (SSSR count). The molecule has 0 radical (unpaired) electrons. The number of fused-ring (bicyclic) bond motifs is 1. The summed E-state index contributed by atoms with van der Waals surface area (Å²) in [6, 6.07) is 5.24. The maximum atomic E-state index is 13.6. The van der Waals surface area contributed by atoms with E-state index in [1.54, 1.807) is 0 Å². The lowest BCUT2D eigenvalue weighted by Crippen LogP contribution is -2.61. The molecule has 234 valence electrons. The molecule has 1 aromatic heterocycles. The maximum Gasteiger partial charge on any atom is 0.239 e. The van der Waals surface area contributed by atoms with E-state index in [0.717, 1.165) is 24.3 Å². The average molecular weight is 611 g/mol. The van der Waals surface area contributed by atoms with Crippen molar-refractivity contribution in [2.45, 2.75) is 68.3 Å². The summed E-state index contributed by atoms with van der Waals surface area (Å²) in [6.07, 6.45) is -16.2. The van der Waals surface area contributed by atoms with Gasteiger partial charge in [-0.3, -0.25) is 4.79 Å². The quantitative estimate of drug-likeness (QED) is 0.140. The molecule has 2 aromatic carbocycles. The molecule has 16 nitrogen and oxygen atoms in total. The molecule has 2 saturated heterocycles. The van der Waals surface area contributed by atoms with Gasteiger partial charge in [0.2, 0.25) is 17.5 Å². The second kappa shape index (κ2) is 11.8. The van der Waals surface area contributed by atoms with E-state index in [1.165, 1.54) is 13.0 Å². The molecule has 16 heteroatoms. The molecule has 10 N–H and O–H groups in total. The zero-order valence-corrected chi connectivity index (χ0v) is 22.3. The predicted molar refractivity (Wildman–Crippen MR) is 140 cm³/mol. The van der Waals surface area contributed by atoms with Gasteiger partial charge in [0.25, 0.3) is 0 Å². The normalized spacial score (nSPS) is 33.0. The van der Waals surface area contributed by atoms with Crippen LogP contribution in [-0.2, 0) is 14.2 Å². The Kier molecular flexibility index (Phi) is 8.41. The zero-order valence-electron chi connectivity index (χ0n) is 22.3. The molecule has 2 fully saturated rings. The third kappa shape index (κ3) is 5.67. The van der Waals surface area contributed by atoms with E-state index < -0.39 is 113 Å². The van der Waals surface area contributed by atoms with Gasteiger partial charge in [0.15, 0.2) is 23.5 Å². The fraction of sp³-hybridized carbons (Fsp3) is 0.444. The first-order valence-corrected chi connectivity index (χ1v) is 13.0. The monoisotopic (exact) mass is 610 g/mol. The molecule has 3 aromatic rings. The molecular formula is C27H30O16. The van der Waals surface area contributed by atoms with Crippen LogP contribution in [0.4, 0.5) is 0 Å². The molecule has 10 atom stereocenters. The third-order valence-electron chi connectivity index (χ3n) is 7.29. The summed E-state index contributed by atoms with van der Waals surface area (Å²) in [4.78, 5) is 13.6. The van der Waals surface area contributed by atoms with Crippen LogP contribution in [-0.4, -0.2) is 119 Å². The highest BCUT2D eigenvalue weighted by molar-refractivity contribution is 5.88. The lowest BCUT2D eigenvalue weighted by atomic mass is 9.98. The molecule has 43 heavy (non-hydrogen) atoms. The minimum atomic E-state index is -1.97. The van der Waals surface area contributed by atoms with Crippen molar-refractivity contribution in [3.8, 4) is 40.1 Å². The smallest absolute Gasteiger partial charge is 0.239 e. The van der Waals surface area contributed by atoms with E-state index in [1.807, 2.05) is 0 Å². The molecule has 0 spiro atoms. The molecule has 2 aliphatic rings. The van der Waals surface area contributed by atoms with Gasteiger partial charge in [0.05, 0.1) is 12.7 Å². The summed E-state index contributed by atoms with van der Waals surface area (Å²) in [5.41, 5.74) is -1.35. The van der Waals surface area contributed by atoms with Crippen LogP contribution >= 0.6 is 0 Å². The van der Waals surface area contributed by atoms with Crippen LogP contribution in [0.5, 0.6) is 28.7 Å². The summed E-state index contributed by atoms with van der Waals surface area (Å²) in [5, 5.41) is 101. The van der Waals surface area contributed by atoms with E-state index in [0.29, 0.717) is 0 Å². The van der Waals surface area contributed by atoms with Gasteiger partial charge < -0.3 is 74.4 Å². The summed E-state index contributed by atoms with van der Waals surface area (Å²) >= 11 is 0. The van der Waals surface area contributed by atoms with E-state index in [4.69, 9.17) is 23.4 Å². The van der Waals surface area contributed by atoms with Crippen LogP contribution in [0.1, 0.15) is 6.92 Å². The Bertz CT molecular complexity index is 1540. The highest BCUT2D eigenvalue weighted by Gasteiger charge is 2.47. The van der Waals surface area contributed by atoms with Crippen LogP contribution in [0, 0.1) is 0 Å². The Labute approximate surface area is 241 Å². The van der Waals surface area contributed by atoms with Crippen molar-refractivity contribution in [3.05, 3.63) is 40.6 Å². The highest BCUT2D eigenvalue weighted by atomic mass is 16.7. The van der Waals surface area contributed by atoms with Crippen molar-refractivity contribution in [3.63, 3.8) is 0 Å². The van der Waals surface area contributed by atoms with Gasteiger partial charge in [-0.15, -0.1) is 0 Å². The molecule has 0 bridgehead atoms. The lowest BCUT2D eigenvalue weighted by Gasteiger charge is -2.42. The van der Waals surface area contributed by atoms with Crippen LogP contribution < -0.4 is 10.2 Å². The van der Waals surface area contributed by atoms with Gasteiger partial charge in [-0.25, -0.2) is 0 Å². The van der Waals surface area contributed by atoms with Crippen molar-refractivity contribution in [2.24, 2.45) is 0 Å². The molecule has 2 aliphatic heterocycles. The summed E-state index contributed by atoms with van der Waals surface area (Å²) < 4.78 is 27.8. The number of hydrogen-bond donors (Lipinski definition) is 10. The van der Waals surface area contributed by atoms with Crippen molar-refractivity contribution in [2.75, 3.05) is 6.61 Å². The largest absolute Gasteiger partial charge is 0.508 e. The Morgan fingerprint density at radius 2 is 1.42 bits per heavy atom. The van der Waals surface area contributed by atoms with Crippen molar-refractivity contribution in [1.82, 2.24) is 0 Å². The number of phenols is 4. The Morgan fingerprint density at radius 1 is 0.744 bits per heavy atom. The number of aliphatic hydroxyl groups is 6. The van der Waals surface area contributed by atoms with Gasteiger partial charge in [-0.1, -0.05) is 0 Å². The van der Waals surface area contributed by atoms with E-state index >= 15 is 0 Å². The second-order valence-corrected chi connectivity index (χ2v) is 10.3. The number of ether oxygens (including phenoxy) is 4. The third-order valence-corrected chi connectivity index (χ3v) is 7.29.